The van der Waals surface area contributed by atoms with Gasteiger partial charge in [-0.3, -0.25) is 4.79 Å². The first kappa shape index (κ1) is 14.3. The van der Waals surface area contributed by atoms with Crippen LogP contribution in [0, 0.1) is 17.1 Å². The molecule has 2 aromatic carbocycles. The summed E-state index contributed by atoms with van der Waals surface area (Å²) in [5, 5.41) is 11.7. The van der Waals surface area contributed by atoms with E-state index >= 15 is 0 Å². The lowest BCUT2D eigenvalue weighted by molar-refractivity contribution is -0.124. The number of amides is 1. The number of hydrogen-bond acceptors (Lipinski definition) is 2. The highest BCUT2D eigenvalue weighted by molar-refractivity contribution is 5.99. The van der Waals surface area contributed by atoms with Crippen LogP contribution in [0.3, 0.4) is 0 Å². The first-order chi connectivity index (χ1) is 10.6. The standard InChI is InChI=1S/C18H15FN2O/c19-15-6-4-14(5-7-15)18(10-1-11-18)17(22)21-16-8-2-13(12-20)3-9-16/h2-9H,1,10-11H2,(H,21,22). The molecule has 1 amide bonds. The Morgan fingerprint density at radius 1 is 1.09 bits per heavy atom. The summed E-state index contributed by atoms with van der Waals surface area (Å²) in [4.78, 5) is 12.7. The lowest BCUT2D eigenvalue weighted by atomic mass is 9.64. The van der Waals surface area contributed by atoms with Gasteiger partial charge in [-0.1, -0.05) is 18.6 Å². The van der Waals surface area contributed by atoms with Gasteiger partial charge in [0.15, 0.2) is 0 Å². The SMILES string of the molecule is N#Cc1ccc(NC(=O)C2(c3ccc(F)cc3)CCC2)cc1. The van der Waals surface area contributed by atoms with Crippen LogP contribution < -0.4 is 5.32 Å². The van der Waals surface area contributed by atoms with E-state index in [0.717, 1.165) is 24.8 Å². The van der Waals surface area contributed by atoms with Crippen molar-refractivity contribution in [3.05, 3.63) is 65.5 Å². The summed E-state index contributed by atoms with van der Waals surface area (Å²) < 4.78 is 13.1. The molecule has 0 aliphatic heterocycles. The van der Waals surface area contributed by atoms with Crippen molar-refractivity contribution in [2.24, 2.45) is 0 Å². The number of nitrogens with zero attached hydrogens (tertiary/aromatic N) is 1. The molecular formula is C18H15FN2O. The van der Waals surface area contributed by atoms with E-state index in [0.29, 0.717) is 11.3 Å². The quantitative estimate of drug-likeness (QED) is 0.937. The van der Waals surface area contributed by atoms with Crippen LogP contribution in [0.4, 0.5) is 10.1 Å². The van der Waals surface area contributed by atoms with Gasteiger partial charge < -0.3 is 5.32 Å². The van der Waals surface area contributed by atoms with Gasteiger partial charge in [0.25, 0.3) is 0 Å². The van der Waals surface area contributed by atoms with E-state index in [9.17, 15) is 9.18 Å². The minimum absolute atomic E-state index is 0.0740. The lowest BCUT2D eigenvalue weighted by Gasteiger charge is -2.40. The molecule has 1 fully saturated rings. The first-order valence-corrected chi connectivity index (χ1v) is 7.22. The third-order valence-electron chi connectivity index (χ3n) is 4.31. The number of carbonyl (C=O) groups is 1. The van der Waals surface area contributed by atoms with Crippen LogP contribution >= 0.6 is 0 Å². The van der Waals surface area contributed by atoms with E-state index in [2.05, 4.69) is 5.32 Å². The average Bonchev–Trinajstić information content (AvgIpc) is 2.49. The molecule has 110 valence electrons. The zero-order valence-electron chi connectivity index (χ0n) is 12.0. The van der Waals surface area contributed by atoms with Crippen LogP contribution in [0.2, 0.25) is 0 Å². The molecule has 3 rings (SSSR count). The fraction of sp³-hybridized carbons (Fsp3) is 0.222. The fourth-order valence-electron chi connectivity index (χ4n) is 2.82. The molecule has 0 radical (unpaired) electrons. The van der Waals surface area contributed by atoms with Gasteiger partial charge in [-0.25, -0.2) is 4.39 Å². The maximum Gasteiger partial charge on any atom is 0.235 e. The monoisotopic (exact) mass is 294 g/mol. The summed E-state index contributed by atoms with van der Waals surface area (Å²) in [5.41, 5.74) is 1.50. The molecule has 22 heavy (non-hydrogen) atoms. The summed E-state index contributed by atoms with van der Waals surface area (Å²) >= 11 is 0. The predicted molar refractivity (Wildman–Crippen MR) is 81.7 cm³/mol. The molecule has 4 heteroatoms. The maximum atomic E-state index is 13.1. The molecule has 3 nitrogen and oxygen atoms in total. The van der Waals surface area contributed by atoms with Crippen molar-refractivity contribution in [2.45, 2.75) is 24.7 Å². The van der Waals surface area contributed by atoms with E-state index in [1.165, 1.54) is 12.1 Å². The van der Waals surface area contributed by atoms with Crippen molar-refractivity contribution in [2.75, 3.05) is 5.32 Å². The van der Waals surface area contributed by atoms with Crippen LogP contribution in [0.5, 0.6) is 0 Å². The number of benzene rings is 2. The normalized spacial score (nSPS) is 15.5. The molecule has 1 saturated carbocycles. The van der Waals surface area contributed by atoms with Gasteiger partial charge in [0.2, 0.25) is 5.91 Å². The van der Waals surface area contributed by atoms with E-state index in [1.54, 1.807) is 36.4 Å². The van der Waals surface area contributed by atoms with Crippen molar-refractivity contribution in [3.63, 3.8) is 0 Å². The first-order valence-electron chi connectivity index (χ1n) is 7.22. The van der Waals surface area contributed by atoms with E-state index in [1.807, 2.05) is 6.07 Å². The third-order valence-corrected chi connectivity index (χ3v) is 4.31. The van der Waals surface area contributed by atoms with Gasteiger partial charge in [-0.05, 0) is 54.8 Å². The molecule has 0 spiro atoms. The average molecular weight is 294 g/mol. The number of nitrogens with one attached hydrogen (secondary N) is 1. The minimum Gasteiger partial charge on any atom is -0.325 e. The highest BCUT2D eigenvalue weighted by atomic mass is 19.1. The molecule has 0 saturated heterocycles. The number of anilines is 1. The van der Waals surface area contributed by atoms with Crippen LogP contribution in [0.15, 0.2) is 48.5 Å². The molecule has 1 aliphatic carbocycles. The smallest absolute Gasteiger partial charge is 0.235 e. The largest absolute Gasteiger partial charge is 0.325 e. The minimum atomic E-state index is -0.568. The van der Waals surface area contributed by atoms with Crippen LogP contribution in [0.25, 0.3) is 0 Å². The Morgan fingerprint density at radius 2 is 1.73 bits per heavy atom. The summed E-state index contributed by atoms with van der Waals surface area (Å²) in [6.45, 7) is 0. The van der Waals surface area contributed by atoms with E-state index in [4.69, 9.17) is 5.26 Å². The molecular weight excluding hydrogens is 279 g/mol. The summed E-state index contributed by atoms with van der Waals surface area (Å²) in [5.74, 6) is -0.374. The Labute approximate surface area is 128 Å². The molecule has 0 heterocycles. The summed E-state index contributed by atoms with van der Waals surface area (Å²) in [6.07, 6.45) is 2.51. The molecule has 0 aromatic heterocycles. The van der Waals surface area contributed by atoms with Gasteiger partial charge >= 0.3 is 0 Å². The molecule has 0 bridgehead atoms. The molecule has 2 aromatic rings. The van der Waals surface area contributed by atoms with Gasteiger partial charge in [0.05, 0.1) is 17.0 Å². The lowest BCUT2D eigenvalue weighted by Crippen LogP contribution is -2.46. The molecule has 0 unspecified atom stereocenters. The Hall–Kier alpha value is -2.67. The number of carbonyl (C=O) groups excluding carboxylic acids is 1. The molecule has 1 N–H and O–H groups in total. The van der Waals surface area contributed by atoms with Gasteiger partial charge in [-0.2, -0.15) is 5.26 Å². The second-order valence-corrected chi connectivity index (χ2v) is 5.59. The number of halogens is 1. The van der Waals surface area contributed by atoms with Crippen molar-refractivity contribution >= 4 is 11.6 Å². The van der Waals surface area contributed by atoms with Crippen LogP contribution in [-0.2, 0) is 10.2 Å². The second-order valence-electron chi connectivity index (χ2n) is 5.59. The number of nitriles is 1. The van der Waals surface area contributed by atoms with Crippen LogP contribution in [-0.4, -0.2) is 5.91 Å². The topological polar surface area (TPSA) is 52.9 Å². The van der Waals surface area contributed by atoms with Gasteiger partial charge in [0.1, 0.15) is 5.82 Å². The fourth-order valence-corrected chi connectivity index (χ4v) is 2.82. The zero-order chi connectivity index (χ0) is 15.6. The molecule has 1 aliphatic rings. The Kier molecular flexibility index (Phi) is 3.64. The van der Waals surface area contributed by atoms with Crippen LogP contribution in [0.1, 0.15) is 30.4 Å². The highest BCUT2D eigenvalue weighted by Gasteiger charge is 2.45. The van der Waals surface area contributed by atoms with Crippen molar-refractivity contribution in [3.8, 4) is 6.07 Å². The Balaban J connectivity index is 1.82. The van der Waals surface area contributed by atoms with E-state index in [-0.39, 0.29) is 11.7 Å². The Morgan fingerprint density at radius 3 is 2.23 bits per heavy atom. The summed E-state index contributed by atoms with van der Waals surface area (Å²) in [7, 11) is 0. The molecule has 0 atom stereocenters. The second kappa shape index (κ2) is 5.61. The highest BCUT2D eigenvalue weighted by Crippen LogP contribution is 2.44. The van der Waals surface area contributed by atoms with Crippen molar-refractivity contribution < 1.29 is 9.18 Å². The van der Waals surface area contributed by atoms with Crippen molar-refractivity contribution in [1.82, 2.24) is 0 Å². The van der Waals surface area contributed by atoms with Crippen molar-refractivity contribution in [1.29, 1.82) is 5.26 Å². The maximum absolute atomic E-state index is 13.1. The summed E-state index contributed by atoms with van der Waals surface area (Å²) in [6, 6.07) is 15.0. The predicted octanol–water partition coefficient (Wildman–Crippen LogP) is 3.76. The number of hydrogen-bond donors (Lipinski definition) is 1. The zero-order valence-corrected chi connectivity index (χ0v) is 12.0. The Bertz CT molecular complexity index is 725. The number of rotatable bonds is 3. The van der Waals surface area contributed by atoms with Gasteiger partial charge in [0, 0.05) is 5.69 Å². The van der Waals surface area contributed by atoms with E-state index < -0.39 is 5.41 Å². The third kappa shape index (κ3) is 2.46. The van der Waals surface area contributed by atoms with Gasteiger partial charge in [-0.15, -0.1) is 0 Å².